The minimum atomic E-state index is -0.632. The molecule has 1 unspecified atom stereocenters. The Balaban J connectivity index is 1.93. The number of nitrogens with one attached hydrogen (secondary N) is 3. The molecule has 1 aromatic carbocycles. The molecular weight excluding hydrogens is 274 g/mol. The van der Waals surface area contributed by atoms with Crippen LogP contribution in [0.5, 0.6) is 0 Å². The Morgan fingerprint density at radius 1 is 1.24 bits per heavy atom. The molecule has 7 nitrogen and oxygen atoms in total. The van der Waals surface area contributed by atoms with E-state index >= 15 is 0 Å². The molecule has 0 saturated heterocycles. The van der Waals surface area contributed by atoms with Gasteiger partial charge in [-0.1, -0.05) is 30.3 Å². The van der Waals surface area contributed by atoms with Crippen molar-refractivity contribution < 1.29 is 9.53 Å². The third-order valence-electron chi connectivity index (χ3n) is 2.79. The van der Waals surface area contributed by atoms with Gasteiger partial charge in [-0.05, 0) is 12.5 Å². The maximum absolute atomic E-state index is 11.7. The Morgan fingerprint density at radius 3 is 2.62 bits per heavy atom. The van der Waals surface area contributed by atoms with Crippen molar-refractivity contribution >= 4 is 6.09 Å². The van der Waals surface area contributed by atoms with E-state index in [1.807, 2.05) is 30.3 Å². The van der Waals surface area contributed by atoms with Crippen molar-refractivity contribution in [3.63, 3.8) is 0 Å². The van der Waals surface area contributed by atoms with E-state index in [2.05, 4.69) is 15.3 Å². The van der Waals surface area contributed by atoms with Gasteiger partial charge in [-0.15, -0.1) is 0 Å². The number of amides is 1. The maximum Gasteiger partial charge on any atom is 0.407 e. The van der Waals surface area contributed by atoms with Crippen LogP contribution in [-0.2, 0) is 11.3 Å². The van der Waals surface area contributed by atoms with Gasteiger partial charge in [0.05, 0.1) is 6.04 Å². The number of H-pyrrole nitrogens is 2. The molecule has 1 heterocycles. The molecule has 0 saturated carbocycles. The molecular formula is C14H15N3O4. The number of aromatic amines is 2. The molecule has 1 atom stereocenters. The lowest BCUT2D eigenvalue weighted by Gasteiger charge is -2.13. The monoisotopic (exact) mass is 289 g/mol. The standard InChI is InChI=1S/C14H15N3O4/c1-9(11-7-12(18)17-13(19)16-11)15-14(20)21-8-10-5-3-2-4-6-10/h2-7,9H,8H2,1H3,(H,15,20)(H2,16,17,18,19). The molecule has 110 valence electrons. The number of ether oxygens (including phenoxy) is 1. The number of aromatic nitrogens is 2. The predicted molar refractivity (Wildman–Crippen MR) is 75.9 cm³/mol. The van der Waals surface area contributed by atoms with E-state index in [0.29, 0.717) is 5.69 Å². The van der Waals surface area contributed by atoms with E-state index in [9.17, 15) is 14.4 Å². The fourth-order valence-electron chi connectivity index (χ4n) is 1.74. The Kier molecular flexibility index (Phi) is 4.55. The summed E-state index contributed by atoms with van der Waals surface area (Å²) in [5.74, 6) is 0. The lowest BCUT2D eigenvalue weighted by molar-refractivity contribution is 0.136. The first kappa shape index (κ1) is 14.6. The molecule has 0 aliphatic heterocycles. The Bertz CT molecular complexity index is 692. The zero-order valence-electron chi connectivity index (χ0n) is 11.4. The van der Waals surface area contributed by atoms with E-state index in [0.717, 1.165) is 5.56 Å². The molecule has 0 aliphatic carbocycles. The summed E-state index contributed by atoms with van der Waals surface area (Å²) in [6, 6.07) is 9.90. The van der Waals surface area contributed by atoms with Gasteiger partial charge in [0.2, 0.25) is 0 Å². The minimum absolute atomic E-state index is 0.144. The van der Waals surface area contributed by atoms with Gasteiger partial charge in [0, 0.05) is 11.8 Å². The SMILES string of the molecule is CC(NC(=O)OCc1ccccc1)c1cc(=O)[nH]c(=O)[nH]1. The summed E-state index contributed by atoms with van der Waals surface area (Å²) < 4.78 is 5.05. The summed E-state index contributed by atoms with van der Waals surface area (Å²) in [5.41, 5.74) is 0.0223. The van der Waals surface area contributed by atoms with Crippen molar-refractivity contribution in [3.05, 3.63) is 68.5 Å². The van der Waals surface area contributed by atoms with Gasteiger partial charge >= 0.3 is 11.8 Å². The normalized spacial score (nSPS) is 11.7. The average Bonchev–Trinajstić information content (AvgIpc) is 2.45. The van der Waals surface area contributed by atoms with Crippen LogP contribution in [0.3, 0.4) is 0 Å². The van der Waals surface area contributed by atoms with Crippen molar-refractivity contribution in [2.45, 2.75) is 19.6 Å². The van der Waals surface area contributed by atoms with Gasteiger partial charge in [-0.25, -0.2) is 9.59 Å². The lowest BCUT2D eigenvalue weighted by atomic mass is 10.2. The van der Waals surface area contributed by atoms with Crippen molar-refractivity contribution in [2.75, 3.05) is 0 Å². The van der Waals surface area contributed by atoms with Crippen LogP contribution in [0.25, 0.3) is 0 Å². The molecule has 3 N–H and O–H groups in total. The van der Waals surface area contributed by atoms with Crippen LogP contribution in [0.4, 0.5) is 4.79 Å². The van der Waals surface area contributed by atoms with Gasteiger partial charge in [0.15, 0.2) is 0 Å². The number of rotatable bonds is 4. The summed E-state index contributed by atoms with van der Waals surface area (Å²) in [5, 5.41) is 2.54. The molecule has 0 fully saturated rings. The number of hydrogen-bond acceptors (Lipinski definition) is 4. The highest BCUT2D eigenvalue weighted by Gasteiger charge is 2.12. The molecule has 1 aromatic heterocycles. The molecule has 7 heteroatoms. The first-order valence-corrected chi connectivity index (χ1v) is 6.35. The molecule has 21 heavy (non-hydrogen) atoms. The number of carbonyl (C=O) groups excluding carboxylic acids is 1. The fraction of sp³-hybridized carbons (Fsp3) is 0.214. The zero-order valence-corrected chi connectivity index (χ0v) is 11.4. The van der Waals surface area contributed by atoms with Crippen LogP contribution in [0.2, 0.25) is 0 Å². The molecule has 0 radical (unpaired) electrons. The maximum atomic E-state index is 11.7. The first-order chi connectivity index (χ1) is 10.0. The fourth-order valence-corrected chi connectivity index (χ4v) is 1.74. The smallest absolute Gasteiger partial charge is 0.407 e. The van der Waals surface area contributed by atoms with E-state index in [-0.39, 0.29) is 6.61 Å². The quantitative estimate of drug-likeness (QED) is 0.782. The average molecular weight is 289 g/mol. The van der Waals surface area contributed by atoms with Crippen LogP contribution in [0.1, 0.15) is 24.2 Å². The summed E-state index contributed by atoms with van der Waals surface area (Å²) in [7, 11) is 0. The van der Waals surface area contributed by atoms with Crippen LogP contribution in [-0.4, -0.2) is 16.1 Å². The summed E-state index contributed by atoms with van der Waals surface area (Å²) in [4.78, 5) is 38.5. The highest BCUT2D eigenvalue weighted by molar-refractivity contribution is 5.67. The van der Waals surface area contributed by atoms with Crippen molar-refractivity contribution in [3.8, 4) is 0 Å². The van der Waals surface area contributed by atoms with Gasteiger partial charge in [-0.3, -0.25) is 9.78 Å². The summed E-state index contributed by atoms with van der Waals surface area (Å²) in [6.45, 7) is 1.78. The van der Waals surface area contributed by atoms with Crippen LogP contribution >= 0.6 is 0 Å². The van der Waals surface area contributed by atoms with E-state index in [1.165, 1.54) is 6.07 Å². The number of carbonyl (C=O) groups is 1. The van der Waals surface area contributed by atoms with Crippen LogP contribution in [0.15, 0.2) is 46.0 Å². The highest BCUT2D eigenvalue weighted by atomic mass is 16.5. The Labute approximate surface area is 120 Å². The number of hydrogen-bond donors (Lipinski definition) is 3. The van der Waals surface area contributed by atoms with E-state index in [1.54, 1.807) is 6.92 Å². The topological polar surface area (TPSA) is 104 Å². The summed E-state index contributed by atoms with van der Waals surface area (Å²) >= 11 is 0. The molecule has 0 bridgehead atoms. The zero-order chi connectivity index (χ0) is 15.2. The minimum Gasteiger partial charge on any atom is -0.445 e. The number of benzene rings is 1. The summed E-state index contributed by atoms with van der Waals surface area (Å²) in [6.07, 6.45) is -0.632. The van der Waals surface area contributed by atoms with Gasteiger partial charge in [0.1, 0.15) is 6.61 Å². The largest absolute Gasteiger partial charge is 0.445 e. The second-order valence-corrected chi connectivity index (χ2v) is 4.47. The van der Waals surface area contributed by atoms with Gasteiger partial charge in [-0.2, -0.15) is 0 Å². The van der Waals surface area contributed by atoms with Crippen molar-refractivity contribution in [1.29, 1.82) is 0 Å². The van der Waals surface area contributed by atoms with E-state index < -0.39 is 23.4 Å². The third kappa shape index (κ3) is 4.34. The third-order valence-corrected chi connectivity index (χ3v) is 2.79. The predicted octanol–water partition coefficient (Wildman–Crippen LogP) is 1.05. The molecule has 2 aromatic rings. The van der Waals surface area contributed by atoms with Gasteiger partial charge in [0.25, 0.3) is 5.56 Å². The molecule has 0 spiro atoms. The molecule has 0 aliphatic rings. The Morgan fingerprint density at radius 2 is 1.95 bits per heavy atom. The molecule has 2 rings (SSSR count). The van der Waals surface area contributed by atoms with Gasteiger partial charge < -0.3 is 15.0 Å². The highest BCUT2D eigenvalue weighted by Crippen LogP contribution is 2.06. The van der Waals surface area contributed by atoms with E-state index in [4.69, 9.17) is 4.74 Å². The molecule has 1 amide bonds. The number of alkyl carbamates (subject to hydrolysis) is 1. The second kappa shape index (κ2) is 6.56. The van der Waals surface area contributed by atoms with Crippen molar-refractivity contribution in [2.24, 2.45) is 0 Å². The first-order valence-electron chi connectivity index (χ1n) is 6.35. The Hall–Kier alpha value is -2.83. The van der Waals surface area contributed by atoms with Crippen LogP contribution < -0.4 is 16.6 Å². The van der Waals surface area contributed by atoms with Crippen LogP contribution in [0, 0.1) is 0 Å². The second-order valence-electron chi connectivity index (χ2n) is 4.47. The van der Waals surface area contributed by atoms with Crippen molar-refractivity contribution in [1.82, 2.24) is 15.3 Å². The lowest BCUT2D eigenvalue weighted by Crippen LogP contribution is -2.31.